The first-order chi connectivity index (χ1) is 16.5. The number of carbonyl (C=O) groups excluding carboxylic acids is 1. The number of halogens is 1. The van der Waals surface area contributed by atoms with Crippen molar-refractivity contribution in [2.24, 2.45) is 0 Å². The first kappa shape index (κ1) is 24.7. The van der Waals surface area contributed by atoms with E-state index in [0.717, 1.165) is 54.0 Å². The predicted octanol–water partition coefficient (Wildman–Crippen LogP) is 5.68. The summed E-state index contributed by atoms with van der Waals surface area (Å²) < 4.78 is 5.29. The Kier molecular flexibility index (Phi) is 8.56. The van der Waals surface area contributed by atoms with Crippen LogP contribution in [0.2, 0.25) is 5.02 Å². The van der Waals surface area contributed by atoms with E-state index in [0.29, 0.717) is 17.3 Å². The van der Waals surface area contributed by atoms with Crippen molar-refractivity contribution in [2.75, 3.05) is 38.1 Å². The summed E-state index contributed by atoms with van der Waals surface area (Å²) in [4.78, 5) is 18.3. The van der Waals surface area contributed by atoms with Crippen LogP contribution in [-0.2, 0) is 17.7 Å². The zero-order chi connectivity index (χ0) is 23.9. The van der Waals surface area contributed by atoms with Crippen molar-refractivity contribution in [1.82, 2.24) is 9.80 Å². The molecule has 178 valence electrons. The van der Waals surface area contributed by atoms with Gasteiger partial charge >= 0.3 is 5.97 Å². The largest absolute Gasteiger partial charge is 0.462 e. The predicted molar refractivity (Wildman–Crippen MR) is 144 cm³/mol. The number of anilines is 1. The maximum Gasteiger partial charge on any atom is 0.341 e. The fourth-order valence-corrected chi connectivity index (χ4v) is 5.60. The number of rotatable bonds is 7. The Labute approximate surface area is 215 Å². The molecule has 2 heterocycles. The summed E-state index contributed by atoms with van der Waals surface area (Å²) in [5.41, 5.74) is 2.95. The van der Waals surface area contributed by atoms with E-state index in [1.54, 1.807) is 11.3 Å². The molecule has 0 radical (unpaired) electrons. The molecule has 8 heteroatoms. The molecule has 1 N–H and O–H groups in total. The van der Waals surface area contributed by atoms with Crippen LogP contribution < -0.4 is 5.32 Å². The molecule has 4 rings (SSSR count). The van der Waals surface area contributed by atoms with Crippen LogP contribution in [0.25, 0.3) is 0 Å². The Morgan fingerprint density at radius 1 is 1.06 bits per heavy atom. The lowest BCUT2D eigenvalue weighted by Crippen LogP contribution is -2.49. The highest BCUT2D eigenvalue weighted by atomic mass is 35.5. The fourth-order valence-electron chi connectivity index (χ4n) is 3.96. The van der Waals surface area contributed by atoms with E-state index < -0.39 is 0 Å². The highest BCUT2D eigenvalue weighted by Gasteiger charge is 2.23. The van der Waals surface area contributed by atoms with Crippen LogP contribution in [0.1, 0.15) is 33.3 Å². The van der Waals surface area contributed by atoms with Crippen molar-refractivity contribution in [2.45, 2.75) is 19.9 Å². The van der Waals surface area contributed by atoms with Crippen LogP contribution in [0, 0.1) is 0 Å². The van der Waals surface area contributed by atoms with Gasteiger partial charge in [-0.1, -0.05) is 54.1 Å². The quantitative estimate of drug-likeness (QED) is 0.324. The molecule has 0 bridgehead atoms. The number of esters is 1. The monoisotopic (exact) mass is 513 g/mol. The molecule has 1 aliphatic heterocycles. The van der Waals surface area contributed by atoms with Crippen LogP contribution in [-0.4, -0.2) is 53.7 Å². The number of hydrogen-bond acceptors (Lipinski definition) is 5. The van der Waals surface area contributed by atoms with Gasteiger partial charge in [-0.25, -0.2) is 4.79 Å². The zero-order valence-electron chi connectivity index (χ0n) is 19.1. The number of nitrogens with one attached hydrogen (secondary N) is 1. The van der Waals surface area contributed by atoms with Crippen molar-refractivity contribution in [1.29, 1.82) is 0 Å². The molecule has 1 fully saturated rings. The van der Waals surface area contributed by atoms with Crippen LogP contribution in [0.3, 0.4) is 0 Å². The SMILES string of the molecule is CCOC(=O)c1cc(Cc2ccccc2)sc1NC(=S)N1CCN(Cc2cccc(Cl)c2)CC1. The second kappa shape index (κ2) is 11.8. The smallest absolute Gasteiger partial charge is 0.341 e. The normalized spacial score (nSPS) is 14.1. The van der Waals surface area contributed by atoms with Crippen molar-refractivity contribution in [3.63, 3.8) is 0 Å². The van der Waals surface area contributed by atoms with Gasteiger partial charge in [-0.2, -0.15) is 0 Å². The topological polar surface area (TPSA) is 44.8 Å². The van der Waals surface area contributed by atoms with Crippen molar-refractivity contribution < 1.29 is 9.53 Å². The molecule has 3 aromatic rings. The lowest BCUT2D eigenvalue weighted by molar-refractivity contribution is 0.0528. The highest BCUT2D eigenvalue weighted by molar-refractivity contribution is 7.80. The number of thiocarbonyl (C=S) groups is 1. The second-order valence-corrected chi connectivity index (χ2v) is 10.1. The summed E-state index contributed by atoms with van der Waals surface area (Å²) in [7, 11) is 0. The van der Waals surface area contributed by atoms with E-state index in [-0.39, 0.29) is 5.97 Å². The molecule has 34 heavy (non-hydrogen) atoms. The number of benzene rings is 2. The molecule has 0 amide bonds. The van der Waals surface area contributed by atoms with Crippen LogP contribution in [0.15, 0.2) is 60.7 Å². The summed E-state index contributed by atoms with van der Waals surface area (Å²) in [6, 6.07) is 20.1. The van der Waals surface area contributed by atoms with Crippen LogP contribution in [0.4, 0.5) is 5.00 Å². The van der Waals surface area contributed by atoms with Gasteiger partial charge in [0.05, 0.1) is 12.2 Å². The third kappa shape index (κ3) is 6.57. The van der Waals surface area contributed by atoms with E-state index in [2.05, 4.69) is 33.3 Å². The van der Waals surface area contributed by atoms with Crippen LogP contribution >= 0.6 is 35.2 Å². The molecule has 2 aromatic carbocycles. The first-order valence-corrected chi connectivity index (χ1v) is 13.0. The Morgan fingerprint density at radius 2 is 1.79 bits per heavy atom. The summed E-state index contributed by atoms with van der Waals surface area (Å²) >= 11 is 13.4. The minimum atomic E-state index is -0.324. The van der Waals surface area contributed by atoms with Gasteiger partial charge in [0.15, 0.2) is 5.11 Å². The molecule has 1 aromatic heterocycles. The third-order valence-corrected chi connectivity index (χ3v) is 7.32. The lowest BCUT2D eigenvalue weighted by Gasteiger charge is -2.36. The lowest BCUT2D eigenvalue weighted by atomic mass is 10.1. The van der Waals surface area contributed by atoms with E-state index in [1.807, 2.05) is 49.4 Å². The molecule has 0 aliphatic carbocycles. The molecule has 1 saturated heterocycles. The van der Waals surface area contributed by atoms with E-state index in [9.17, 15) is 4.79 Å². The molecule has 0 unspecified atom stereocenters. The van der Waals surface area contributed by atoms with Crippen LogP contribution in [0.5, 0.6) is 0 Å². The highest BCUT2D eigenvalue weighted by Crippen LogP contribution is 2.31. The molecular weight excluding hydrogens is 486 g/mol. The number of carbonyl (C=O) groups is 1. The number of piperazine rings is 1. The number of thiophene rings is 1. The van der Waals surface area contributed by atoms with Gasteiger partial charge in [0.25, 0.3) is 0 Å². The molecule has 5 nitrogen and oxygen atoms in total. The second-order valence-electron chi connectivity index (χ2n) is 8.16. The maximum atomic E-state index is 12.6. The van der Waals surface area contributed by atoms with E-state index >= 15 is 0 Å². The summed E-state index contributed by atoms with van der Waals surface area (Å²) in [5.74, 6) is -0.324. The minimum absolute atomic E-state index is 0.324. The van der Waals surface area contributed by atoms with Gasteiger partial charge in [-0.3, -0.25) is 4.90 Å². The number of hydrogen-bond donors (Lipinski definition) is 1. The van der Waals surface area contributed by atoms with Gasteiger partial charge in [0, 0.05) is 49.0 Å². The summed E-state index contributed by atoms with van der Waals surface area (Å²) in [6.45, 7) is 6.48. The van der Waals surface area contributed by atoms with Crippen molar-refractivity contribution in [3.05, 3.63) is 87.3 Å². The number of nitrogens with zero attached hydrogens (tertiary/aromatic N) is 2. The molecule has 1 aliphatic rings. The van der Waals surface area contributed by atoms with Gasteiger partial charge < -0.3 is 15.0 Å². The minimum Gasteiger partial charge on any atom is -0.462 e. The van der Waals surface area contributed by atoms with Gasteiger partial charge in [0.1, 0.15) is 5.00 Å². The Hall–Kier alpha value is -2.45. The fraction of sp³-hybridized carbons (Fsp3) is 0.308. The van der Waals surface area contributed by atoms with E-state index in [1.165, 1.54) is 11.1 Å². The zero-order valence-corrected chi connectivity index (χ0v) is 21.5. The number of ether oxygens (including phenoxy) is 1. The Morgan fingerprint density at radius 3 is 2.50 bits per heavy atom. The molecular formula is C26H28ClN3O2S2. The van der Waals surface area contributed by atoms with Crippen molar-refractivity contribution in [3.8, 4) is 0 Å². The summed E-state index contributed by atoms with van der Waals surface area (Å²) in [6.07, 6.45) is 0.758. The molecule has 0 atom stereocenters. The Bertz CT molecular complexity index is 1130. The first-order valence-electron chi connectivity index (χ1n) is 11.4. The van der Waals surface area contributed by atoms with Gasteiger partial charge in [-0.05, 0) is 48.5 Å². The maximum absolute atomic E-state index is 12.6. The standard InChI is InChI=1S/C26H28ClN3O2S2/c1-2-32-25(31)23-17-22(16-19-7-4-3-5-8-19)34-24(23)28-26(33)30-13-11-29(12-14-30)18-20-9-6-10-21(27)15-20/h3-10,15,17H,2,11-14,16,18H2,1H3,(H,28,33). The molecule has 0 saturated carbocycles. The molecule has 0 spiro atoms. The van der Waals surface area contributed by atoms with Crippen molar-refractivity contribution >= 4 is 51.2 Å². The van der Waals surface area contributed by atoms with Gasteiger partial charge in [-0.15, -0.1) is 11.3 Å². The Balaban J connectivity index is 1.39. The third-order valence-electron chi connectivity index (χ3n) is 5.67. The summed E-state index contributed by atoms with van der Waals surface area (Å²) in [5, 5.41) is 5.49. The average molecular weight is 514 g/mol. The average Bonchev–Trinajstić information content (AvgIpc) is 3.22. The van der Waals surface area contributed by atoms with E-state index in [4.69, 9.17) is 28.6 Å². The van der Waals surface area contributed by atoms with Gasteiger partial charge in [0.2, 0.25) is 0 Å².